The molecular weight excluding hydrogens is 256 g/mol. The molecule has 0 fully saturated rings. The number of aliphatic hydroxyl groups excluding tert-OH is 1. The molecule has 5 nitrogen and oxygen atoms in total. The molecule has 1 aromatic carbocycles. The third-order valence-corrected chi connectivity index (χ3v) is 3.04. The number of anilines is 1. The zero-order chi connectivity index (χ0) is 14.5. The standard InChI is InChI=1S/C15H18N2O3/c1-10-7-11(15(19)16-2)3-6-14(10)17-8-12-4-5-13(9-18)20-12/h3-7,17-18H,8-9H2,1-2H3,(H,16,19). The van der Waals surface area contributed by atoms with Gasteiger partial charge in [-0.25, -0.2) is 0 Å². The second-order valence-corrected chi connectivity index (χ2v) is 4.49. The molecule has 106 valence electrons. The van der Waals surface area contributed by atoms with Crippen molar-refractivity contribution in [1.82, 2.24) is 5.32 Å². The van der Waals surface area contributed by atoms with Crippen LogP contribution in [0.15, 0.2) is 34.7 Å². The predicted octanol–water partition coefficient (Wildman–Crippen LogP) is 2.05. The average molecular weight is 274 g/mol. The molecule has 1 heterocycles. The lowest BCUT2D eigenvalue weighted by Gasteiger charge is -2.09. The van der Waals surface area contributed by atoms with Crippen molar-refractivity contribution in [2.75, 3.05) is 12.4 Å². The summed E-state index contributed by atoms with van der Waals surface area (Å²) < 4.78 is 5.40. The van der Waals surface area contributed by atoms with Gasteiger partial charge in [0.15, 0.2) is 0 Å². The number of benzene rings is 1. The largest absolute Gasteiger partial charge is 0.462 e. The Labute approximate surface area is 117 Å². The number of nitrogens with one attached hydrogen (secondary N) is 2. The number of carbonyl (C=O) groups excluding carboxylic acids is 1. The van der Waals surface area contributed by atoms with Crippen LogP contribution in [-0.4, -0.2) is 18.1 Å². The highest BCUT2D eigenvalue weighted by Crippen LogP contribution is 2.18. The molecule has 0 spiro atoms. The Morgan fingerprint density at radius 2 is 2.00 bits per heavy atom. The Morgan fingerprint density at radius 1 is 1.25 bits per heavy atom. The van der Waals surface area contributed by atoms with Crippen LogP contribution in [0, 0.1) is 6.92 Å². The van der Waals surface area contributed by atoms with Crippen LogP contribution in [0.1, 0.15) is 27.4 Å². The molecule has 5 heteroatoms. The first kappa shape index (κ1) is 14.1. The third kappa shape index (κ3) is 3.19. The Morgan fingerprint density at radius 3 is 2.60 bits per heavy atom. The molecule has 0 bridgehead atoms. The number of aliphatic hydroxyl groups is 1. The fourth-order valence-electron chi connectivity index (χ4n) is 1.93. The lowest BCUT2D eigenvalue weighted by Crippen LogP contribution is -2.17. The van der Waals surface area contributed by atoms with Gasteiger partial charge in [0.2, 0.25) is 0 Å². The number of carbonyl (C=O) groups is 1. The Kier molecular flexibility index (Phi) is 4.42. The fraction of sp³-hybridized carbons (Fsp3) is 0.267. The number of furan rings is 1. The normalized spacial score (nSPS) is 10.3. The van der Waals surface area contributed by atoms with E-state index < -0.39 is 0 Å². The summed E-state index contributed by atoms with van der Waals surface area (Å²) in [6, 6.07) is 9.05. The van der Waals surface area contributed by atoms with Crippen LogP contribution in [0.4, 0.5) is 5.69 Å². The molecule has 0 radical (unpaired) electrons. The fourth-order valence-corrected chi connectivity index (χ4v) is 1.93. The molecule has 2 rings (SSSR count). The van der Waals surface area contributed by atoms with Gasteiger partial charge in [0.05, 0.1) is 6.54 Å². The van der Waals surface area contributed by atoms with E-state index in [0.29, 0.717) is 17.9 Å². The second kappa shape index (κ2) is 6.25. The van der Waals surface area contributed by atoms with Crippen molar-refractivity contribution in [1.29, 1.82) is 0 Å². The minimum atomic E-state index is -0.0988. The Hall–Kier alpha value is -2.27. The monoisotopic (exact) mass is 274 g/mol. The van der Waals surface area contributed by atoms with E-state index in [1.54, 1.807) is 19.2 Å². The van der Waals surface area contributed by atoms with Gasteiger partial charge < -0.3 is 20.2 Å². The summed E-state index contributed by atoms with van der Waals surface area (Å²) in [4.78, 5) is 11.5. The number of hydrogen-bond acceptors (Lipinski definition) is 4. The van der Waals surface area contributed by atoms with Crippen LogP contribution < -0.4 is 10.6 Å². The summed E-state index contributed by atoms with van der Waals surface area (Å²) >= 11 is 0. The average Bonchev–Trinajstić information content (AvgIpc) is 2.93. The topological polar surface area (TPSA) is 74.5 Å². The molecule has 0 saturated carbocycles. The first-order valence-electron chi connectivity index (χ1n) is 6.39. The van der Waals surface area contributed by atoms with E-state index in [4.69, 9.17) is 9.52 Å². The Balaban J connectivity index is 2.04. The predicted molar refractivity (Wildman–Crippen MR) is 76.5 cm³/mol. The SMILES string of the molecule is CNC(=O)c1ccc(NCc2ccc(CO)o2)c(C)c1. The van der Waals surface area contributed by atoms with Crippen molar-refractivity contribution in [2.24, 2.45) is 0 Å². The molecule has 0 aliphatic rings. The van der Waals surface area contributed by atoms with Gasteiger partial charge in [0, 0.05) is 18.3 Å². The zero-order valence-electron chi connectivity index (χ0n) is 11.6. The van der Waals surface area contributed by atoms with E-state index >= 15 is 0 Å². The molecule has 1 aromatic heterocycles. The summed E-state index contributed by atoms with van der Waals surface area (Å²) in [6.07, 6.45) is 0. The zero-order valence-corrected chi connectivity index (χ0v) is 11.6. The molecule has 2 aromatic rings. The van der Waals surface area contributed by atoms with Gasteiger partial charge in [0.1, 0.15) is 18.1 Å². The molecule has 0 aliphatic heterocycles. The minimum absolute atomic E-state index is 0.0974. The van der Waals surface area contributed by atoms with Gasteiger partial charge in [-0.05, 0) is 42.8 Å². The van der Waals surface area contributed by atoms with Crippen molar-refractivity contribution < 1.29 is 14.3 Å². The maximum Gasteiger partial charge on any atom is 0.251 e. The quantitative estimate of drug-likeness (QED) is 0.780. The minimum Gasteiger partial charge on any atom is -0.462 e. The van der Waals surface area contributed by atoms with E-state index in [-0.39, 0.29) is 12.5 Å². The van der Waals surface area contributed by atoms with Gasteiger partial charge in [-0.1, -0.05) is 0 Å². The van der Waals surface area contributed by atoms with E-state index in [1.807, 2.05) is 25.1 Å². The molecule has 0 aliphatic carbocycles. The first-order chi connectivity index (χ1) is 9.63. The molecule has 0 atom stereocenters. The summed E-state index contributed by atoms with van der Waals surface area (Å²) in [5.74, 6) is 1.20. The summed E-state index contributed by atoms with van der Waals surface area (Å²) in [5, 5.41) is 14.8. The van der Waals surface area contributed by atoms with Crippen LogP contribution in [0.25, 0.3) is 0 Å². The van der Waals surface area contributed by atoms with Crippen molar-refractivity contribution in [3.05, 3.63) is 53.0 Å². The second-order valence-electron chi connectivity index (χ2n) is 4.49. The third-order valence-electron chi connectivity index (χ3n) is 3.04. The van der Waals surface area contributed by atoms with Gasteiger partial charge in [-0.2, -0.15) is 0 Å². The van der Waals surface area contributed by atoms with Crippen LogP contribution >= 0.6 is 0 Å². The number of rotatable bonds is 5. The van der Waals surface area contributed by atoms with Crippen LogP contribution in [0.3, 0.4) is 0 Å². The highest BCUT2D eigenvalue weighted by molar-refractivity contribution is 5.94. The van der Waals surface area contributed by atoms with Crippen LogP contribution in [0.5, 0.6) is 0 Å². The summed E-state index contributed by atoms with van der Waals surface area (Å²) in [7, 11) is 1.61. The van der Waals surface area contributed by atoms with E-state index in [0.717, 1.165) is 17.0 Å². The highest BCUT2D eigenvalue weighted by Gasteiger charge is 2.06. The summed E-state index contributed by atoms with van der Waals surface area (Å²) in [6.45, 7) is 2.37. The maximum atomic E-state index is 11.5. The molecule has 20 heavy (non-hydrogen) atoms. The van der Waals surface area contributed by atoms with E-state index in [9.17, 15) is 4.79 Å². The van der Waals surface area contributed by atoms with Gasteiger partial charge in [-0.15, -0.1) is 0 Å². The van der Waals surface area contributed by atoms with Crippen molar-refractivity contribution >= 4 is 11.6 Å². The molecule has 3 N–H and O–H groups in total. The van der Waals surface area contributed by atoms with E-state index in [1.165, 1.54) is 0 Å². The lowest BCUT2D eigenvalue weighted by molar-refractivity contribution is 0.0963. The summed E-state index contributed by atoms with van der Waals surface area (Å²) in [5.41, 5.74) is 2.57. The van der Waals surface area contributed by atoms with Crippen molar-refractivity contribution in [3.8, 4) is 0 Å². The van der Waals surface area contributed by atoms with Crippen molar-refractivity contribution in [2.45, 2.75) is 20.1 Å². The Bertz CT molecular complexity index is 605. The van der Waals surface area contributed by atoms with Gasteiger partial charge >= 0.3 is 0 Å². The molecule has 0 unspecified atom stereocenters. The number of aryl methyl sites for hydroxylation is 1. The number of hydrogen-bond donors (Lipinski definition) is 3. The van der Waals surface area contributed by atoms with Crippen molar-refractivity contribution in [3.63, 3.8) is 0 Å². The molecular formula is C15H18N2O3. The molecule has 1 amide bonds. The smallest absolute Gasteiger partial charge is 0.251 e. The van der Waals surface area contributed by atoms with E-state index in [2.05, 4.69) is 10.6 Å². The molecule has 0 saturated heterocycles. The van der Waals surface area contributed by atoms with Crippen LogP contribution in [-0.2, 0) is 13.2 Å². The maximum absolute atomic E-state index is 11.5. The van der Waals surface area contributed by atoms with Gasteiger partial charge in [0.25, 0.3) is 5.91 Å². The highest BCUT2D eigenvalue weighted by atomic mass is 16.4. The first-order valence-corrected chi connectivity index (χ1v) is 6.39. The number of amides is 1. The van der Waals surface area contributed by atoms with Crippen LogP contribution in [0.2, 0.25) is 0 Å². The van der Waals surface area contributed by atoms with Gasteiger partial charge in [-0.3, -0.25) is 4.79 Å². The lowest BCUT2D eigenvalue weighted by atomic mass is 10.1.